The minimum absolute atomic E-state index is 0.0892. The average molecular weight is 520 g/mol. The van der Waals surface area contributed by atoms with Crippen LogP contribution in [0, 0.1) is 0 Å². The molecule has 2 aromatic carbocycles. The average Bonchev–Trinajstić information content (AvgIpc) is 3.42. The van der Waals surface area contributed by atoms with E-state index in [0.29, 0.717) is 22.8 Å². The van der Waals surface area contributed by atoms with Crippen molar-refractivity contribution in [3.05, 3.63) is 100 Å². The Morgan fingerprint density at radius 2 is 1.94 bits per heavy atom. The second kappa shape index (κ2) is 9.53. The van der Waals surface area contributed by atoms with E-state index >= 15 is 0 Å². The van der Waals surface area contributed by atoms with E-state index in [4.69, 9.17) is 9.15 Å². The number of aromatic nitrogens is 2. The Hall–Kier alpha value is -3.53. The van der Waals surface area contributed by atoms with Gasteiger partial charge in [-0.2, -0.15) is 18.3 Å². The van der Waals surface area contributed by atoms with Crippen LogP contribution in [0.25, 0.3) is 0 Å². The molecule has 4 rings (SSSR count). The van der Waals surface area contributed by atoms with Gasteiger partial charge in [0, 0.05) is 6.20 Å². The van der Waals surface area contributed by atoms with Crippen molar-refractivity contribution in [2.75, 3.05) is 5.32 Å². The molecule has 0 saturated heterocycles. The van der Waals surface area contributed by atoms with Crippen LogP contribution in [0.2, 0.25) is 0 Å². The van der Waals surface area contributed by atoms with Crippen LogP contribution in [0.1, 0.15) is 27.4 Å². The Bertz CT molecular complexity index is 1270. The Balaban J connectivity index is 1.35. The van der Waals surface area contributed by atoms with E-state index in [1.54, 1.807) is 18.2 Å². The fourth-order valence-electron chi connectivity index (χ4n) is 3.03. The molecule has 1 amide bonds. The highest BCUT2D eigenvalue weighted by atomic mass is 79.9. The number of anilines is 1. The molecule has 0 bridgehead atoms. The van der Waals surface area contributed by atoms with Crippen LogP contribution in [0.5, 0.6) is 5.75 Å². The number of halogens is 4. The number of nitrogens with one attached hydrogen (secondary N) is 1. The number of ether oxygens (including phenoxy) is 1. The van der Waals surface area contributed by atoms with Gasteiger partial charge < -0.3 is 14.5 Å². The van der Waals surface area contributed by atoms with Gasteiger partial charge >= 0.3 is 6.18 Å². The predicted octanol–water partition coefficient (Wildman–Crippen LogP) is 6.14. The number of furan rings is 1. The third-order valence-corrected chi connectivity index (χ3v) is 5.24. The van der Waals surface area contributed by atoms with Gasteiger partial charge in [-0.25, -0.2) is 0 Å². The van der Waals surface area contributed by atoms with Gasteiger partial charge in [0.2, 0.25) is 0 Å². The van der Waals surface area contributed by atoms with E-state index in [1.165, 1.54) is 29.2 Å². The van der Waals surface area contributed by atoms with Gasteiger partial charge in [0.1, 0.15) is 18.1 Å². The third-order valence-electron chi connectivity index (χ3n) is 4.58. The second-order valence-corrected chi connectivity index (χ2v) is 7.92. The maximum Gasteiger partial charge on any atom is 0.416 e. The maximum atomic E-state index is 12.9. The first-order valence-electron chi connectivity index (χ1n) is 9.74. The summed E-state index contributed by atoms with van der Waals surface area (Å²) < 4.78 is 52.1. The molecule has 2 aromatic heterocycles. The zero-order valence-corrected chi connectivity index (χ0v) is 18.6. The minimum Gasteiger partial charge on any atom is -0.484 e. The Morgan fingerprint density at radius 3 is 2.73 bits per heavy atom. The van der Waals surface area contributed by atoms with E-state index in [9.17, 15) is 18.0 Å². The summed E-state index contributed by atoms with van der Waals surface area (Å²) in [7, 11) is 0. The number of alkyl halides is 3. The molecule has 0 atom stereocenters. The molecular weight excluding hydrogens is 503 g/mol. The molecule has 0 fully saturated rings. The maximum absolute atomic E-state index is 12.9. The summed E-state index contributed by atoms with van der Waals surface area (Å²) in [6.07, 6.45) is -1.48. The highest BCUT2D eigenvalue weighted by Crippen LogP contribution is 2.29. The lowest BCUT2D eigenvalue weighted by molar-refractivity contribution is -0.137. The number of hydrogen-bond donors (Lipinski definition) is 1. The van der Waals surface area contributed by atoms with Crippen molar-refractivity contribution in [1.82, 2.24) is 9.78 Å². The summed E-state index contributed by atoms with van der Waals surface area (Å²) in [6, 6.07) is 15.5. The SMILES string of the molecule is O=C(Nc1cnn(Cc2cccc(C(F)(F)F)c2)c1)c1ccc(COc2ccccc2Br)o1. The number of para-hydroxylation sites is 1. The van der Waals surface area contributed by atoms with Crippen molar-refractivity contribution in [1.29, 1.82) is 0 Å². The van der Waals surface area contributed by atoms with Crippen molar-refractivity contribution in [2.45, 2.75) is 19.3 Å². The summed E-state index contributed by atoms with van der Waals surface area (Å²) in [5.74, 6) is 0.719. The lowest BCUT2D eigenvalue weighted by Gasteiger charge is -2.08. The molecule has 0 aliphatic heterocycles. The number of rotatable bonds is 7. The Kier molecular flexibility index (Phi) is 6.55. The normalized spacial score (nSPS) is 11.4. The second-order valence-electron chi connectivity index (χ2n) is 7.06. The van der Waals surface area contributed by atoms with Gasteiger partial charge in [-0.05, 0) is 57.9 Å². The molecule has 6 nitrogen and oxygen atoms in total. The van der Waals surface area contributed by atoms with Crippen LogP contribution < -0.4 is 10.1 Å². The number of amides is 1. The first kappa shape index (κ1) is 22.7. The van der Waals surface area contributed by atoms with E-state index < -0.39 is 17.6 Å². The topological polar surface area (TPSA) is 69.3 Å². The van der Waals surface area contributed by atoms with Crippen molar-refractivity contribution in [3.63, 3.8) is 0 Å². The van der Waals surface area contributed by atoms with Crippen molar-refractivity contribution >= 4 is 27.5 Å². The van der Waals surface area contributed by atoms with Gasteiger partial charge in [-0.1, -0.05) is 24.3 Å². The number of hydrogen-bond acceptors (Lipinski definition) is 4. The van der Waals surface area contributed by atoms with Crippen molar-refractivity contribution in [3.8, 4) is 5.75 Å². The molecule has 0 saturated carbocycles. The van der Waals surface area contributed by atoms with E-state index in [-0.39, 0.29) is 18.9 Å². The fraction of sp³-hybridized carbons (Fsp3) is 0.130. The molecule has 1 N–H and O–H groups in total. The van der Waals surface area contributed by atoms with E-state index in [0.717, 1.165) is 16.6 Å². The number of carbonyl (C=O) groups excluding carboxylic acids is 1. The summed E-state index contributed by atoms with van der Waals surface area (Å²) in [5, 5.41) is 6.74. The molecule has 2 heterocycles. The van der Waals surface area contributed by atoms with Crippen LogP contribution in [0.4, 0.5) is 18.9 Å². The molecule has 4 aromatic rings. The zero-order chi connectivity index (χ0) is 23.4. The van der Waals surface area contributed by atoms with Gasteiger partial charge in [-0.3, -0.25) is 9.48 Å². The minimum atomic E-state index is -4.41. The monoisotopic (exact) mass is 519 g/mol. The summed E-state index contributed by atoms with van der Waals surface area (Å²) in [4.78, 5) is 12.5. The Morgan fingerprint density at radius 1 is 1.12 bits per heavy atom. The quantitative estimate of drug-likeness (QED) is 0.318. The fourth-order valence-corrected chi connectivity index (χ4v) is 3.43. The molecular formula is C23H17BrF3N3O3. The van der Waals surface area contributed by atoms with Gasteiger partial charge in [0.15, 0.2) is 5.76 Å². The third kappa shape index (κ3) is 5.83. The number of carbonyl (C=O) groups is 1. The van der Waals surface area contributed by atoms with Gasteiger partial charge in [-0.15, -0.1) is 0 Å². The first-order chi connectivity index (χ1) is 15.8. The molecule has 10 heteroatoms. The summed E-state index contributed by atoms with van der Waals surface area (Å²) >= 11 is 3.39. The molecule has 0 aliphatic carbocycles. The summed E-state index contributed by atoms with van der Waals surface area (Å²) in [6.45, 7) is 0.266. The highest BCUT2D eigenvalue weighted by molar-refractivity contribution is 9.10. The molecule has 0 spiro atoms. The van der Waals surface area contributed by atoms with Crippen molar-refractivity contribution < 1.29 is 27.1 Å². The Labute approximate surface area is 195 Å². The zero-order valence-electron chi connectivity index (χ0n) is 17.0. The van der Waals surface area contributed by atoms with E-state index in [2.05, 4.69) is 26.3 Å². The predicted molar refractivity (Wildman–Crippen MR) is 118 cm³/mol. The van der Waals surface area contributed by atoms with E-state index in [1.807, 2.05) is 18.2 Å². The number of nitrogens with zero attached hydrogens (tertiary/aromatic N) is 2. The molecule has 0 radical (unpaired) electrons. The van der Waals surface area contributed by atoms with Crippen LogP contribution in [-0.2, 0) is 19.3 Å². The molecule has 0 unspecified atom stereocenters. The number of benzene rings is 2. The van der Waals surface area contributed by atoms with Crippen LogP contribution in [-0.4, -0.2) is 15.7 Å². The van der Waals surface area contributed by atoms with Crippen LogP contribution in [0.15, 0.2) is 81.9 Å². The highest BCUT2D eigenvalue weighted by Gasteiger charge is 2.30. The van der Waals surface area contributed by atoms with Gasteiger partial charge in [0.05, 0.1) is 28.5 Å². The summed E-state index contributed by atoms with van der Waals surface area (Å²) in [5.41, 5.74) is 0.0961. The molecule has 0 aliphatic rings. The first-order valence-corrected chi connectivity index (χ1v) is 10.5. The van der Waals surface area contributed by atoms with Crippen molar-refractivity contribution in [2.24, 2.45) is 0 Å². The largest absolute Gasteiger partial charge is 0.484 e. The van der Waals surface area contributed by atoms with Crippen LogP contribution in [0.3, 0.4) is 0 Å². The van der Waals surface area contributed by atoms with Gasteiger partial charge in [0.25, 0.3) is 5.91 Å². The van der Waals surface area contributed by atoms with Crippen LogP contribution >= 0.6 is 15.9 Å². The smallest absolute Gasteiger partial charge is 0.416 e. The standard InChI is InChI=1S/C23H17BrF3N3O3/c24-19-6-1-2-7-20(19)32-14-18-8-9-21(33-18)22(31)29-17-11-28-30(13-17)12-15-4-3-5-16(10-15)23(25,26)27/h1-11,13H,12,14H2,(H,29,31). The molecule has 33 heavy (non-hydrogen) atoms. The molecule has 170 valence electrons. The lowest BCUT2D eigenvalue weighted by Crippen LogP contribution is -2.10. The lowest BCUT2D eigenvalue weighted by atomic mass is 10.1.